The number of para-hydroxylation sites is 1. The molecule has 2 aromatic rings. The highest BCUT2D eigenvalue weighted by atomic mass is 32.2. The van der Waals surface area contributed by atoms with E-state index in [1.165, 1.54) is 18.2 Å². The summed E-state index contributed by atoms with van der Waals surface area (Å²) in [7, 11) is -5.47. The Labute approximate surface area is 137 Å². The zero-order valence-corrected chi connectivity index (χ0v) is 13.5. The van der Waals surface area contributed by atoms with E-state index in [9.17, 15) is 26.7 Å². The molecule has 4 nitrogen and oxygen atoms in total. The van der Waals surface area contributed by atoms with Crippen molar-refractivity contribution >= 4 is 15.5 Å². The van der Waals surface area contributed by atoms with E-state index < -0.39 is 26.3 Å². The monoisotopic (exact) mass is 359 g/mol. The lowest BCUT2D eigenvalue weighted by molar-refractivity contribution is -0.0435. The van der Waals surface area contributed by atoms with Gasteiger partial charge in [-0.3, -0.25) is 0 Å². The molecule has 0 aliphatic heterocycles. The van der Waals surface area contributed by atoms with Crippen LogP contribution in [0.25, 0.3) is 0 Å². The van der Waals surface area contributed by atoms with Crippen molar-refractivity contribution in [3.05, 3.63) is 59.7 Å². The Bertz CT molecular complexity index is 819. The van der Waals surface area contributed by atoms with Crippen LogP contribution in [0.1, 0.15) is 17.2 Å². The molecule has 0 spiro atoms. The van der Waals surface area contributed by atoms with Gasteiger partial charge >= 0.3 is 5.51 Å². The average Bonchev–Trinajstić information content (AvgIpc) is 2.51. The summed E-state index contributed by atoms with van der Waals surface area (Å²) in [4.78, 5) is -0.867. The fourth-order valence-electron chi connectivity index (χ4n) is 2.17. The molecule has 0 fully saturated rings. The van der Waals surface area contributed by atoms with Crippen LogP contribution in [0.2, 0.25) is 0 Å². The van der Waals surface area contributed by atoms with Gasteiger partial charge in [-0.2, -0.15) is 13.2 Å². The second kappa shape index (κ2) is 6.82. The second-order valence-corrected chi connectivity index (χ2v) is 7.17. The molecule has 0 aromatic heterocycles. The van der Waals surface area contributed by atoms with Crippen molar-refractivity contribution < 1.29 is 26.7 Å². The lowest BCUT2D eigenvalue weighted by Gasteiger charge is -2.17. The molecule has 1 unspecified atom stereocenters. The van der Waals surface area contributed by atoms with Crippen LogP contribution in [-0.4, -0.2) is 25.6 Å². The molecular weight excluding hydrogens is 343 g/mol. The maximum Gasteiger partial charge on any atom is 0.501 e. The number of aliphatic hydroxyl groups excluding tert-OH is 1. The fourth-order valence-corrected chi connectivity index (χ4v) is 3.11. The predicted octanol–water partition coefficient (Wildman–Crippen LogP) is 3.43. The molecular formula is C16H16F3NO3S. The summed E-state index contributed by atoms with van der Waals surface area (Å²) in [6, 6.07) is 11.7. The van der Waals surface area contributed by atoms with Crippen molar-refractivity contribution in [1.82, 2.24) is 0 Å². The van der Waals surface area contributed by atoms with Crippen LogP contribution in [0.5, 0.6) is 0 Å². The van der Waals surface area contributed by atoms with Crippen molar-refractivity contribution in [3.8, 4) is 0 Å². The van der Waals surface area contributed by atoms with E-state index in [4.69, 9.17) is 0 Å². The molecule has 0 amide bonds. The number of hydrogen-bond donors (Lipinski definition) is 2. The smallest absolute Gasteiger partial charge is 0.387 e. The van der Waals surface area contributed by atoms with Crippen molar-refractivity contribution in [1.29, 1.82) is 0 Å². The number of aryl methyl sites for hydroxylation is 1. The minimum atomic E-state index is -5.47. The highest BCUT2D eigenvalue weighted by Gasteiger charge is 2.47. The maximum atomic E-state index is 12.7. The highest BCUT2D eigenvalue weighted by Crippen LogP contribution is 2.34. The van der Waals surface area contributed by atoms with Crippen molar-refractivity contribution in [2.24, 2.45) is 0 Å². The molecule has 0 bridgehead atoms. The Kier molecular flexibility index (Phi) is 5.19. The number of alkyl halides is 3. The van der Waals surface area contributed by atoms with Crippen molar-refractivity contribution in [2.45, 2.75) is 23.4 Å². The fraction of sp³-hybridized carbons (Fsp3) is 0.250. The molecule has 2 N–H and O–H groups in total. The van der Waals surface area contributed by atoms with Crippen LogP contribution in [0.4, 0.5) is 18.9 Å². The van der Waals surface area contributed by atoms with Gasteiger partial charge in [-0.25, -0.2) is 8.42 Å². The van der Waals surface area contributed by atoms with Crippen LogP contribution < -0.4 is 5.32 Å². The van der Waals surface area contributed by atoms with E-state index >= 15 is 0 Å². The summed E-state index contributed by atoms with van der Waals surface area (Å²) in [6.07, 6.45) is -0.994. The molecule has 8 heteroatoms. The standard InChI is InChI=1S/C16H16F3NO3S/c1-11-5-4-6-12(9-11)14(21)10-20-13-7-2-3-8-15(13)24(22,23)16(17,18)19/h2-9,14,20-21H,10H2,1H3. The molecule has 1 atom stereocenters. The van der Waals surface area contributed by atoms with Crippen LogP contribution in [-0.2, 0) is 9.84 Å². The van der Waals surface area contributed by atoms with Gasteiger partial charge in [0, 0.05) is 6.54 Å². The largest absolute Gasteiger partial charge is 0.501 e. The number of aliphatic hydroxyl groups is 1. The van der Waals surface area contributed by atoms with Crippen molar-refractivity contribution in [2.75, 3.05) is 11.9 Å². The molecule has 0 saturated carbocycles. The van der Waals surface area contributed by atoms with E-state index in [0.29, 0.717) is 5.56 Å². The SMILES string of the molecule is Cc1cccc(C(O)CNc2ccccc2S(=O)(=O)C(F)(F)F)c1. The van der Waals surface area contributed by atoms with Gasteiger partial charge in [0.1, 0.15) is 0 Å². The van der Waals surface area contributed by atoms with Gasteiger partial charge in [-0.15, -0.1) is 0 Å². The minimum absolute atomic E-state index is 0.131. The molecule has 130 valence electrons. The number of sulfone groups is 1. The number of nitrogens with one attached hydrogen (secondary N) is 1. The average molecular weight is 359 g/mol. The summed E-state index contributed by atoms with van der Waals surface area (Å²) >= 11 is 0. The Morgan fingerprint density at radius 3 is 2.42 bits per heavy atom. The summed E-state index contributed by atoms with van der Waals surface area (Å²) in [5.74, 6) is 0. The zero-order valence-electron chi connectivity index (χ0n) is 12.7. The lowest BCUT2D eigenvalue weighted by atomic mass is 10.1. The Morgan fingerprint density at radius 1 is 1.12 bits per heavy atom. The van der Waals surface area contributed by atoms with E-state index in [1.807, 2.05) is 13.0 Å². The normalized spacial score (nSPS) is 13.5. The van der Waals surface area contributed by atoms with Gasteiger partial charge in [-0.05, 0) is 24.6 Å². The first-order valence-electron chi connectivity index (χ1n) is 7.02. The summed E-state index contributed by atoms with van der Waals surface area (Å²) < 4.78 is 61.4. The summed E-state index contributed by atoms with van der Waals surface area (Å²) in [6.45, 7) is 1.71. The highest BCUT2D eigenvalue weighted by molar-refractivity contribution is 7.92. The van der Waals surface area contributed by atoms with E-state index in [2.05, 4.69) is 5.32 Å². The van der Waals surface area contributed by atoms with Crippen LogP contribution in [0, 0.1) is 6.92 Å². The first kappa shape index (κ1) is 18.3. The molecule has 2 aromatic carbocycles. The van der Waals surface area contributed by atoms with Crippen LogP contribution in [0.15, 0.2) is 53.4 Å². The van der Waals surface area contributed by atoms with Gasteiger partial charge in [-0.1, -0.05) is 42.0 Å². The Morgan fingerprint density at radius 2 is 1.79 bits per heavy atom. The predicted molar refractivity (Wildman–Crippen MR) is 84.3 cm³/mol. The number of rotatable bonds is 5. The Balaban J connectivity index is 2.23. The van der Waals surface area contributed by atoms with Gasteiger partial charge < -0.3 is 10.4 Å². The van der Waals surface area contributed by atoms with Gasteiger partial charge in [0.05, 0.1) is 16.7 Å². The van der Waals surface area contributed by atoms with E-state index in [1.54, 1.807) is 18.2 Å². The van der Waals surface area contributed by atoms with E-state index in [0.717, 1.165) is 11.6 Å². The topological polar surface area (TPSA) is 66.4 Å². The molecule has 2 rings (SSSR count). The third-order valence-corrected chi connectivity index (χ3v) is 4.94. The van der Waals surface area contributed by atoms with Gasteiger partial charge in [0.25, 0.3) is 9.84 Å². The second-order valence-electron chi connectivity index (χ2n) is 5.26. The molecule has 0 radical (unpaired) electrons. The van der Waals surface area contributed by atoms with E-state index in [-0.39, 0.29) is 12.2 Å². The molecule has 0 aliphatic carbocycles. The third-order valence-electron chi connectivity index (χ3n) is 3.39. The molecule has 0 saturated heterocycles. The van der Waals surface area contributed by atoms with Gasteiger partial charge in [0.15, 0.2) is 0 Å². The summed E-state index contributed by atoms with van der Waals surface area (Å²) in [5.41, 5.74) is -4.09. The number of benzene rings is 2. The van der Waals surface area contributed by atoms with Gasteiger partial charge in [0.2, 0.25) is 0 Å². The summed E-state index contributed by atoms with van der Waals surface area (Å²) in [5, 5.41) is 12.7. The Hall–Kier alpha value is -2.06. The van der Waals surface area contributed by atoms with Crippen LogP contribution >= 0.6 is 0 Å². The number of anilines is 1. The number of hydrogen-bond acceptors (Lipinski definition) is 4. The first-order chi connectivity index (χ1) is 11.1. The molecule has 0 heterocycles. The first-order valence-corrected chi connectivity index (χ1v) is 8.50. The quantitative estimate of drug-likeness (QED) is 0.858. The number of halogens is 3. The molecule has 24 heavy (non-hydrogen) atoms. The lowest BCUT2D eigenvalue weighted by Crippen LogP contribution is -2.24. The maximum absolute atomic E-state index is 12.7. The minimum Gasteiger partial charge on any atom is -0.387 e. The van der Waals surface area contributed by atoms with Crippen LogP contribution in [0.3, 0.4) is 0 Å². The zero-order chi connectivity index (χ0) is 18.0. The van der Waals surface area contributed by atoms with Crippen molar-refractivity contribution in [3.63, 3.8) is 0 Å². The molecule has 0 aliphatic rings. The third kappa shape index (κ3) is 3.88.